The average Bonchev–Trinajstić information content (AvgIpc) is 2.45. The van der Waals surface area contributed by atoms with Crippen LogP contribution in [0.5, 0.6) is 11.6 Å². The molecule has 0 bridgehead atoms. The van der Waals surface area contributed by atoms with Gasteiger partial charge in [-0.05, 0) is 54.0 Å². The average molecular weight is 291 g/mol. The summed E-state index contributed by atoms with van der Waals surface area (Å²) in [5, 5.41) is 2.30. The number of aromatic nitrogens is 1. The Morgan fingerprint density at radius 2 is 1.59 bits per heavy atom. The lowest BCUT2D eigenvalue weighted by atomic mass is 10.0. The van der Waals surface area contributed by atoms with E-state index in [1.54, 1.807) is 0 Å². The summed E-state index contributed by atoms with van der Waals surface area (Å²) in [6.07, 6.45) is 1.87. The lowest BCUT2D eigenvalue weighted by Gasteiger charge is -2.10. The van der Waals surface area contributed by atoms with E-state index >= 15 is 0 Å². The van der Waals surface area contributed by atoms with Crippen LogP contribution in [0.4, 0.5) is 0 Å². The van der Waals surface area contributed by atoms with E-state index in [1.165, 1.54) is 22.1 Å². The maximum absolute atomic E-state index is 5.94. The molecule has 0 aliphatic rings. The van der Waals surface area contributed by atoms with Gasteiger partial charge in [-0.25, -0.2) is 4.98 Å². The quantitative estimate of drug-likeness (QED) is 0.611. The SMILES string of the molecule is Cc1cc(C)cc(Oc2cc3cc(C(C)C)ccc3cn2)c1. The molecule has 0 fully saturated rings. The molecule has 0 atom stereocenters. The highest BCUT2D eigenvalue weighted by atomic mass is 16.5. The van der Waals surface area contributed by atoms with Crippen molar-refractivity contribution in [3.05, 3.63) is 65.4 Å². The van der Waals surface area contributed by atoms with Gasteiger partial charge in [-0.3, -0.25) is 0 Å². The fraction of sp³-hybridized carbons (Fsp3) is 0.250. The molecular formula is C20H21NO. The lowest BCUT2D eigenvalue weighted by Crippen LogP contribution is -1.91. The molecule has 2 nitrogen and oxygen atoms in total. The van der Waals surface area contributed by atoms with Crippen LogP contribution in [0.2, 0.25) is 0 Å². The minimum absolute atomic E-state index is 0.515. The molecule has 0 aliphatic carbocycles. The Bertz CT molecular complexity index is 801. The van der Waals surface area contributed by atoms with E-state index in [9.17, 15) is 0 Å². The van der Waals surface area contributed by atoms with Gasteiger partial charge in [0.1, 0.15) is 5.75 Å². The van der Waals surface area contributed by atoms with Gasteiger partial charge < -0.3 is 4.74 Å². The monoisotopic (exact) mass is 291 g/mol. The van der Waals surface area contributed by atoms with Crippen molar-refractivity contribution in [2.75, 3.05) is 0 Å². The van der Waals surface area contributed by atoms with Gasteiger partial charge in [0.15, 0.2) is 0 Å². The van der Waals surface area contributed by atoms with Crippen LogP contribution in [0.25, 0.3) is 10.8 Å². The third-order valence-corrected chi connectivity index (χ3v) is 3.80. The Kier molecular flexibility index (Phi) is 3.84. The first-order valence-electron chi connectivity index (χ1n) is 7.67. The second-order valence-corrected chi connectivity index (χ2v) is 6.21. The van der Waals surface area contributed by atoms with Gasteiger partial charge in [-0.1, -0.05) is 38.1 Å². The molecular weight excluding hydrogens is 270 g/mol. The van der Waals surface area contributed by atoms with Crippen molar-refractivity contribution in [2.24, 2.45) is 0 Å². The highest BCUT2D eigenvalue weighted by Crippen LogP contribution is 2.27. The van der Waals surface area contributed by atoms with Crippen LogP contribution in [0.15, 0.2) is 48.7 Å². The molecule has 2 aromatic carbocycles. The van der Waals surface area contributed by atoms with E-state index in [0.29, 0.717) is 11.8 Å². The van der Waals surface area contributed by atoms with Crippen LogP contribution < -0.4 is 4.74 Å². The number of pyridine rings is 1. The maximum atomic E-state index is 5.94. The third-order valence-electron chi connectivity index (χ3n) is 3.80. The Hall–Kier alpha value is -2.35. The molecule has 0 amide bonds. The van der Waals surface area contributed by atoms with E-state index in [4.69, 9.17) is 4.74 Å². The minimum atomic E-state index is 0.515. The van der Waals surface area contributed by atoms with Gasteiger partial charge in [0, 0.05) is 17.6 Å². The zero-order valence-electron chi connectivity index (χ0n) is 13.6. The molecule has 0 unspecified atom stereocenters. The first-order chi connectivity index (χ1) is 10.5. The molecule has 0 spiro atoms. The van der Waals surface area contributed by atoms with Gasteiger partial charge >= 0.3 is 0 Å². The molecule has 0 saturated heterocycles. The van der Waals surface area contributed by atoms with Gasteiger partial charge in [0.2, 0.25) is 5.88 Å². The van der Waals surface area contributed by atoms with Crippen molar-refractivity contribution in [3.8, 4) is 11.6 Å². The third kappa shape index (κ3) is 3.11. The number of hydrogen-bond donors (Lipinski definition) is 0. The summed E-state index contributed by atoms with van der Waals surface area (Å²) in [4.78, 5) is 4.41. The van der Waals surface area contributed by atoms with E-state index in [1.807, 2.05) is 24.4 Å². The summed E-state index contributed by atoms with van der Waals surface area (Å²) in [5.74, 6) is 1.99. The lowest BCUT2D eigenvalue weighted by molar-refractivity contribution is 0.463. The smallest absolute Gasteiger partial charge is 0.219 e. The van der Waals surface area contributed by atoms with Crippen molar-refractivity contribution in [1.29, 1.82) is 0 Å². The molecule has 1 heterocycles. The van der Waals surface area contributed by atoms with E-state index < -0.39 is 0 Å². The molecule has 1 aromatic heterocycles. The summed E-state index contributed by atoms with van der Waals surface area (Å²) in [6, 6.07) is 14.7. The highest BCUT2D eigenvalue weighted by Gasteiger charge is 2.05. The van der Waals surface area contributed by atoms with Crippen LogP contribution in [0.1, 0.15) is 36.5 Å². The highest BCUT2D eigenvalue weighted by molar-refractivity contribution is 5.83. The van der Waals surface area contributed by atoms with Gasteiger partial charge in [-0.2, -0.15) is 0 Å². The van der Waals surface area contributed by atoms with Crippen molar-refractivity contribution >= 4 is 10.8 Å². The minimum Gasteiger partial charge on any atom is -0.439 e. The zero-order valence-corrected chi connectivity index (χ0v) is 13.6. The first-order valence-corrected chi connectivity index (χ1v) is 7.67. The van der Waals surface area contributed by atoms with Gasteiger partial charge in [0.25, 0.3) is 0 Å². The predicted octanol–water partition coefficient (Wildman–Crippen LogP) is 5.77. The Morgan fingerprint density at radius 1 is 0.864 bits per heavy atom. The largest absolute Gasteiger partial charge is 0.439 e. The number of ether oxygens (including phenoxy) is 1. The number of rotatable bonds is 3. The molecule has 2 heteroatoms. The van der Waals surface area contributed by atoms with E-state index in [2.05, 4.69) is 56.9 Å². The van der Waals surface area contributed by atoms with Crippen LogP contribution in [-0.4, -0.2) is 4.98 Å². The second kappa shape index (κ2) is 5.80. The normalized spacial score (nSPS) is 11.1. The van der Waals surface area contributed by atoms with Gasteiger partial charge in [-0.15, -0.1) is 0 Å². The molecule has 3 aromatic rings. The molecule has 0 radical (unpaired) electrons. The summed E-state index contributed by atoms with van der Waals surface area (Å²) < 4.78 is 5.94. The first kappa shape index (κ1) is 14.6. The van der Waals surface area contributed by atoms with Crippen LogP contribution in [0, 0.1) is 13.8 Å². The summed E-state index contributed by atoms with van der Waals surface area (Å²) >= 11 is 0. The number of benzene rings is 2. The Morgan fingerprint density at radius 3 is 2.27 bits per heavy atom. The standard InChI is InChI=1S/C20H21NO/c1-13(2)16-5-6-17-12-21-20(11-18(17)10-16)22-19-8-14(3)7-15(4)9-19/h5-13H,1-4H3. The summed E-state index contributed by atoms with van der Waals surface area (Å²) in [5.41, 5.74) is 3.71. The number of aryl methyl sites for hydroxylation is 2. The number of hydrogen-bond acceptors (Lipinski definition) is 2. The van der Waals surface area contributed by atoms with Crippen LogP contribution >= 0.6 is 0 Å². The van der Waals surface area contributed by atoms with E-state index in [-0.39, 0.29) is 0 Å². The molecule has 0 saturated carbocycles. The predicted molar refractivity (Wildman–Crippen MR) is 91.8 cm³/mol. The van der Waals surface area contributed by atoms with Crippen LogP contribution in [-0.2, 0) is 0 Å². The van der Waals surface area contributed by atoms with E-state index in [0.717, 1.165) is 11.1 Å². The van der Waals surface area contributed by atoms with Crippen LogP contribution in [0.3, 0.4) is 0 Å². The molecule has 112 valence electrons. The number of nitrogens with zero attached hydrogens (tertiary/aromatic N) is 1. The fourth-order valence-electron chi connectivity index (χ4n) is 2.67. The molecule has 3 rings (SSSR count). The van der Waals surface area contributed by atoms with Crippen molar-refractivity contribution in [2.45, 2.75) is 33.6 Å². The Labute approximate surface area is 131 Å². The topological polar surface area (TPSA) is 22.1 Å². The Balaban J connectivity index is 1.96. The molecule has 0 aliphatic heterocycles. The zero-order chi connectivity index (χ0) is 15.7. The van der Waals surface area contributed by atoms with Gasteiger partial charge in [0.05, 0.1) is 0 Å². The van der Waals surface area contributed by atoms with Crippen molar-refractivity contribution in [3.63, 3.8) is 0 Å². The summed E-state index contributed by atoms with van der Waals surface area (Å²) in [6.45, 7) is 8.55. The summed E-state index contributed by atoms with van der Waals surface area (Å²) in [7, 11) is 0. The van der Waals surface area contributed by atoms with Crippen molar-refractivity contribution in [1.82, 2.24) is 4.98 Å². The maximum Gasteiger partial charge on any atom is 0.219 e. The van der Waals surface area contributed by atoms with Crippen molar-refractivity contribution < 1.29 is 4.74 Å². The fourth-order valence-corrected chi connectivity index (χ4v) is 2.67. The number of fused-ring (bicyclic) bond motifs is 1. The second-order valence-electron chi connectivity index (χ2n) is 6.21. The molecule has 0 N–H and O–H groups in total. The molecule has 22 heavy (non-hydrogen) atoms.